The number of hydrogen-bond acceptors (Lipinski definition) is 7. The number of hydrogen-bond donors (Lipinski definition) is 0. The average molecular weight is 723 g/mol. The summed E-state index contributed by atoms with van der Waals surface area (Å²) < 4.78 is 15.6. The molecule has 0 bridgehead atoms. The van der Waals surface area contributed by atoms with Gasteiger partial charge in [-0.3, -0.25) is 0 Å². The number of nitrogens with zero attached hydrogens (tertiary/aromatic N) is 4. The normalized spacial score (nSPS) is 12.0. The molecule has 0 saturated carbocycles. The number of benzene rings is 8. The van der Waals surface area contributed by atoms with E-state index in [4.69, 9.17) is 28.8 Å². The number of rotatable bonds is 4. The van der Waals surface area contributed by atoms with Crippen LogP contribution < -0.4 is 0 Å². The van der Waals surface area contributed by atoms with Crippen molar-refractivity contribution in [3.05, 3.63) is 158 Å². The average Bonchev–Trinajstić information content (AvgIpc) is 3.97. The van der Waals surface area contributed by atoms with Gasteiger partial charge in [0, 0.05) is 42.2 Å². The maximum absolute atomic E-state index is 6.85. The molecule has 4 heterocycles. The minimum Gasteiger partial charge on any atom is -0.455 e. The summed E-state index contributed by atoms with van der Waals surface area (Å²) in [6.45, 7) is 0. The molecular weight excluding hydrogens is 697 g/mol. The molecule has 0 aliphatic heterocycles. The Hall–Kier alpha value is -7.22. The van der Waals surface area contributed by atoms with E-state index in [1.807, 2.05) is 42.5 Å². The first-order chi connectivity index (χ1) is 27.2. The van der Waals surface area contributed by atoms with Gasteiger partial charge < -0.3 is 8.83 Å². The summed E-state index contributed by atoms with van der Waals surface area (Å²) in [6, 6.07) is 54.0. The third-order valence-corrected chi connectivity index (χ3v) is 11.8. The zero-order valence-corrected chi connectivity index (χ0v) is 29.8. The summed E-state index contributed by atoms with van der Waals surface area (Å²) in [7, 11) is 0. The van der Waals surface area contributed by atoms with Gasteiger partial charge in [-0.2, -0.15) is 0 Å². The van der Waals surface area contributed by atoms with Gasteiger partial charge in [0.2, 0.25) is 5.89 Å². The van der Waals surface area contributed by atoms with Gasteiger partial charge in [0.1, 0.15) is 16.7 Å². The number of fused-ring (bicyclic) bond motifs is 11. The molecule has 0 radical (unpaired) electrons. The number of furan rings is 1. The first kappa shape index (κ1) is 30.3. The largest absolute Gasteiger partial charge is 0.455 e. The van der Waals surface area contributed by atoms with E-state index in [-0.39, 0.29) is 0 Å². The van der Waals surface area contributed by atoms with Gasteiger partial charge in [0.05, 0.1) is 10.9 Å². The number of thiophene rings is 1. The molecule has 0 spiro atoms. The van der Waals surface area contributed by atoms with Crippen LogP contribution in [0.1, 0.15) is 0 Å². The summed E-state index contributed by atoms with van der Waals surface area (Å²) in [5.74, 6) is 2.29. The van der Waals surface area contributed by atoms with E-state index in [2.05, 4.69) is 115 Å². The van der Waals surface area contributed by atoms with Crippen molar-refractivity contribution in [3.8, 4) is 45.6 Å². The molecule has 0 unspecified atom stereocenters. The third kappa shape index (κ3) is 4.67. The summed E-state index contributed by atoms with van der Waals surface area (Å²) in [4.78, 5) is 20.8. The monoisotopic (exact) mass is 722 g/mol. The predicted octanol–water partition coefficient (Wildman–Crippen LogP) is 13.3. The zero-order chi connectivity index (χ0) is 36.0. The lowest BCUT2D eigenvalue weighted by atomic mass is 9.99. The van der Waals surface area contributed by atoms with Gasteiger partial charge in [0.15, 0.2) is 23.1 Å². The maximum Gasteiger partial charge on any atom is 0.227 e. The second kappa shape index (κ2) is 11.6. The van der Waals surface area contributed by atoms with E-state index < -0.39 is 0 Å². The molecule has 0 saturated heterocycles. The van der Waals surface area contributed by atoms with E-state index in [9.17, 15) is 0 Å². The number of oxazole rings is 1. The Morgan fingerprint density at radius 2 is 1.13 bits per heavy atom. The van der Waals surface area contributed by atoms with Crippen molar-refractivity contribution in [1.29, 1.82) is 0 Å². The molecule has 0 N–H and O–H groups in total. The van der Waals surface area contributed by atoms with Crippen molar-refractivity contribution >= 4 is 86.1 Å². The van der Waals surface area contributed by atoms with Gasteiger partial charge in [-0.1, -0.05) is 109 Å². The minimum absolute atomic E-state index is 0.530. The fraction of sp³-hybridized carbons (Fsp3) is 0. The third-order valence-electron chi connectivity index (χ3n) is 10.5. The van der Waals surface area contributed by atoms with Crippen LogP contribution in [0.4, 0.5) is 0 Å². The summed E-state index contributed by atoms with van der Waals surface area (Å²) in [6.07, 6.45) is 0. The van der Waals surface area contributed by atoms with Crippen LogP contribution in [0.5, 0.6) is 0 Å². The predicted molar refractivity (Wildman–Crippen MR) is 224 cm³/mol. The van der Waals surface area contributed by atoms with Crippen LogP contribution in [0.15, 0.2) is 167 Å². The molecule has 256 valence electrons. The Balaban J connectivity index is 1.16. The van der Waals surface area contributed by atoms with Crippen molar-refractivity contribution in [1.82, 2.24) is 19.9 Å². The fourth-order valence-corrected chi connectivity index (χ4v) is 9.17. The quantitative estimate of drug-likeness (QED) is 0.180. The zero-order valence-electron chi connectivity index (χ0n) is 29.0. The summed E-state index contributed by atoms with van der Waals surface area (Å²) in [5, 5.41) is 8.62. The Kier molecular flexibility index (Phi) is 6.40. The van der Waals surface area contributed by atoms with E-state index in [0.717, 1.165) is 64.8 Å². The summed E-state index contributed by atoms with van der Waals surface area (Å²) in [5.41, 5.74) is 6.41. The molecule has 0 amide bonds. The number of aromatic nitrogens is 4. The molecule has 0 fully saturated rings. The van der Waals surface area contributed by atoms with Crippen LogP contribution in [-0.2, 0) is 0 Å². The first-order valence-electron chi connectivity index (χ1n) is 18.1. The minimum atomic E-state index is 0.530. The maximum atomic E-state index is 6.85. The molecule has 0 aliphatic carbocycles. The SMILES string of the molecule is c1ccc(-c2nc3c(ccc4oc5c(-c6nc(-c7ccc8ccccc8c7)nc(-c7cccc8c7sc7ccccc78)n6)cc6ccccc6c5c43)o2)cc1. The standard InChI is InChI=1S/C48H26N4O2S/c1-2-12-28(13-3-1)48-49-42-38(54-48)24-23-37-41(42)40-32-16-7-6-15-30(32)26-36(43(40)53-37)47-51-45(31-22-21-27-11-4-5-14-29(27)25-31)50-46(52-47)35-19-10-18-34-33-17-8-9-20-39(33)55-44(34)35/h1-26H. The molecule has 55 heavy (non-hydrogen) atoms. The van der Waals surface area contributed by atoms with Gasteiger partial charge in [-0.25, -0.2) is 19.9 Å². The molecule has 0 aliphatic rings. The summed E-state index contributed by atoms with van der Waals surface area (Å²) >= 11 is 1.76. The van der Waals surface area contributed by atoms with Crippen molar-refractivity contribution < 1.29 is 8.83 Å². The molecule has 4 aromatic heterocycles. The van der Waals surface area contributed by atoms with Crippen LogP contribution in [0.2, 0.25) is 0 Å². The lowest BCUT2D eigenvalue weighted by molar-refractivity contribution is 0.619. The van der Waals surface area contributed by atoms with E-state index in [1.54, 1.807) is 11.3 Å². The van der Waals surface area contributed by atoms with Crippen LogP contribution in [0.25, 0.3) is 120 Å². The van der Waals surface area contributed by atoms with Crippen LogP contribution in [0.3, 0.4) is 0 Å². The molecular formula is C48H26N4O2S. The highest BCUT2D eigenvalue weighted by Gasteiger charge is 2.24. The van der Waals surface area contributed by atoms with Gasteiger partial charge in [-0.15, -0.1) is 11.3 Å². The Bertz CT molecular complexity index is 3510. The van der Waals surface area contributed by atoms with E-state index in [0.29, 0.717) is 40.1 Å². The highest BCUT2D eigenvalue weighted by molar-refractivity contribution is 7.26. The van der Waals surface area contributed by atoms with Crippen molar-refractivity contribution in [2.45, 2.75) is 0 Å². The topological polar surface area (TPSA) is 77.8 Å². The van der Waals surface area contributed by atoms with Crippen molar-refractivity contribution in [2.75, 3.05) is 0 Å². The Morgan fingerprint density at radius 3 is 2.02 bits per heavy atom. The van der Waals surface area contributed by atoms with Crippen LogP contribution in [-0.4, -0.2) is 19.9 Å². The van der Waals surface area contributed by atoms with Crippen molar-refractivity contribution in [3.63, 3.8) is 0 Å². The Labute approximate surface area is 317 Å². The molecule has 7 heteroatoms. The van der Waals surface area contributed by atoms with E-state index >= 15 is 0 Å². The van der Waals surface area contributed by atoms with Gasteiger partial charge in [-0.05, 0) is 70.1 Å². The highest BCUT2D eigenvalue weighted by Crippen LogP contribution is 2.45. The fourth-order valence-electron chi connectivity index (χ4n) is 7.96. The second-order valence-corrected chi connectivity index (χ2v) is 14.8. The smallest absolute Gasteiger partial charge is 0.227 e. The molecule has 8 aromatic carbocycles. The molecule has 12 aromatic rings. The van der Waals surface area contributed by atoms with Crippen molar-refractivity contribution in [2.24, 2.45) is 0 Å². The first-order valence-corrected chi connectivity index (χ1v) is 18.9. The molecule has 12 rings (SSSR count). The van der Waals surface area contributed by atoms with E-state index in [1.165, 1.54) is 15.5 Å². The van der Waals surface area contributed by atoms with Crippen LogP contribution >= 0.6 is 11.3 Å². The lowest BCUT2D eigenvalue weighted by Gasteiger charge is -2.11. The Morgan fingerprint density at radius 1 is 0.418 bits per heavy atom. The molecule has 6 nitrogen and oxygen atoms in total. The van der Waals surface area contributed by atoms with Gasteiger partial charge in [0.25, 0.3) is 0 Å². The highest BCUT2D eigenvalue weighted by atomic mass is 32.1. The lowest BCUT2D eigenvalue weighted by Crippen LogP contribution is -2.00. The van der Waals surface area contributed by atoms with Crippen LogP contribution in [0, 0.1) is 0 Å². The second-order valence-electron chi connectivity index (χ2n) is 13.8. The molecule has 0 atom stereocenters. The van der Waals surface area contributed by atoms with Gasteiger partial charge >= 0.3 is 0 Å².